The Morgan fingerprint density at radius 1 is 1.21 bits per heavy atom. The Balaban J connectivity index is 1.98. The van der Waals surface area contributed by atoms with E-state index in [1.165, 1.54) is 7.11 Å². The first-order valence-corrected chi connectivity index (χ1v) is 5.96. The molecule has 0 atom stereocenters. The lowest BCUT2D eigenvalue weighted by Gasteiger charge is -2.07. The number of nitrogens with one attached hydrogen (secondary N) is 1. The number of anilines is 2. The van der Waals surface area contributed by atoms with Gasteiger partial charge in [-0.05, 0) is 35.9 Å². The van der Waals surface area contributed by atoms with E-state index in [4.69, 9.17) is 5.73 Å². The quantitative estimate of drug-likeness (QED) is 0.652. The van der Waals surface area contributed by atoms with Gasteiger partial charge in [0.05, 0.1) is 12.7 Å². The molecular weight excluding hydrogens is 240 g/mol. The van der Waals surface area contributed by atoms with Crippen molar-refractivity contribution in [1.29, 1.82) is 0 Å². The van der Waals surface area contributed by atoms with E-state index < -0.39 is 0 Å². The molecule has 0 saturated carbocycles. The van der Waals surface area contributed by atoms with Crippen molar-refractivity contribution in [2.24, 2.45) is 0 Å². The summed E-state index contributed by atoms with van der Waals surface area (Å²) in [6.07, 6.45) is 0. The molecule has 0 heterocycles. The summed E-state index contributed by atoms with van der Waals surface area (Å²) < 4.78 is 4.65. The Bertz CT molecular complexity index is 565. The molecule has 4 heteroatoms. The lowest BCUT2D eigenvalue weighted by molar-refractivity contribution is 0.0600. The first-order chi connectivity index (χ1) is 9.19. The molecule has 0 fully saturated rings. The van der Waals surface area contributed by atoms with E-state index in [-0.39, 0.29) is 5.97 Å². The summed E-state index contributed by atoms with van der Waals surface area (Å²) in [5, 5.41) is 3.27. The van der Waals surface area contributed by atoms with Crippen LogP contribution in [0.25, 0.3) is 0 Å². The van der Waals surface area contributed by atoms with Crippen LogP contribution in [0.2, 0.25) is 0 Å². The number of carbonyl (C=O) groups is 1. The molecule has 98 valence electrons. The first-order valence-electron chi connectivity index (χ1n) is 5.96. The highest BCUT2D eigenvalue weighted by molar-refractivity contribution is 5.89. The minimum absolute atomic E-state index is 0.324. The van der Waals surface area contributed by atoms with Crippen LogP contribution in [0.15, 0.2) is 48.5 Å². The zero-order valence-electron chi connectivity index (χ0n) is 10.7. The van der Waals surface area contributed by atoms with Gasteiger partial charge in [0.2, 0.25) is 0 Å². The number of hydrogen-bond acceptors (Lipinski definition) is 4. The molecule has 0 aliphatic heterocycles. The van der Waals surface area contributed by atoms with Crippen molar-refractivity contribution in [2.45, 2.75) is 6.54 Å². The fourth-order valence-electron chi connectivity index (χ4n) is 1.73. The van der Waals surface area contributed by atoms with Crippen molar-refractivity contribution in [3.63, 3.8) is 0 Å². The van der Waals surface area contributed by atoms with Gasteiger partial charge in [-0.3, -0.25) is 0 Å². The third-order valence-electron chi connectivity index (χ3n) is 2.76. The largest absolute Gasteiger partial charge is 0.465 e. The van der Waals surface area contributed by atoms with Gasteiger partial charge in [0.1, 0.15) is 0 Å². The van der Waals surface area contributed by atoms with E-state index in [0.717, 1.165) is 16.9 Å². The van der Waals surface area contributed by atoms with Crippen LogP contribution in [0.1, 0.15) is 15.9 Å². The number of ether oxygens (including phenoxy) is 1. The summed E-state index contributed by atoms with van der Waals surface area (Å²) in [6.45, 7) is 0.672. The topological polar surface area (TPSA) is 64.3 Å². The maximum absolute atomic E-state index is 11.3. The van der Waals surface area contributed by atoms with Gasteiger partial charge in [-0.25, -0.2) is 4.79 Å². The fourth-order valence-corrected chi connectivity index (χ4v) is 1.73. The summed E-state index contributed by atoms with van der Waals surface area (Å²) in [7, 11) is 1.37. The molecule has 19 heavy (non-hydrogen) atoms. The van der Waals surface area contributed by atoms with Crippen molar-refractivity contribution in [3.8, 4) is 0 Å². The molecule has 0 aromatic heterocycles. The van der Waals surface area contributed by atoms with E-state index in [9.17, 15) is 4.79 Å². The molecule has 2 aromatic carbocycles. The molecule has 0 aliphatic carbocycles. The summed E-state index contributed by atoms with van der Waals surface area (Å²) in [6, 6.07) is 14.9. The van der Waals surface area contributed by atoms with Crippen LogP contribution in [0, 0.1) is 0 Å². The summed E-state index contributed by atoms with van der Waals surface area (Å²) in [4.78, 5) is 11.3. The highest BCUT2D eigenvalue weighted by Gasteiger charge is 2.04. The molecule has 3 N–H and O–H groups in total. The molecule has 2 aromatic rings. The Hall–Kier alpha value is -2.49. The van der Waals surface area contributed by atoms with E-state index in [0.29, 0.717) is 12.1 Å². The number of rotatable bonds is 4. The normalized spacial score (nSPS) is 9.95. The van der Waals surface area contributed by atoms with Crippen molar-refractivity contribution in [1.82, 2.24) is 0 Å². The van der Waals surface area contributed by atoms with E-state index >= 15 is 0 Å². The van der Waals surface area contributed by atoms with E-state index in [2.05, 4.69) is 10.1 Å². The molecule has 0 radical (unpaired) electrons. The van der Waals surface area contributed by atoms with Crippen molar-refractivity contribution < 1.29 is 9.53 Å². The van der Waals surface area contributed by atoms with Crippen LogP contribution >= 0.6 is 0 Å². The Labute approximate surface area is 112 Å². The van der Waals surface area contributed by atoms with E-state index in [1.807, 2.05) is 36.4 Å². The van der Waals surface area contributed by atoms with Crippen molar-refractivity contribution in [2.75, 3.05) is 18.2 Å². The number of nitrogen functional groups attached to an aromatic ring is 1. The number of methoxy groups -OCH3 is 1. The number of nitrogens with two attached hydrogens (primary N) is 1. The van der Waals surface area contributed by atoms with Gasteiger partial charge in [0.15, 0.2) is 0 Å². The van der Waals surface area contributed by atoms with Crippen LogP contribution < -0.4 is 11.1 Å². The summed E-state index contributed by atoms with van der Waals surface area (Å²) in [5.41, 5.74) is 9.03. The third kappa shape index (κ3) is 3.48. The van der Waals surface area contributed by atoms with Crippen molar-refractivity contribution >= 4 is 17.3 Å². The van der Waals surface area contributed by atoms with Gasteiger partial charge in [0, 0.05) is 17.9 Å². The van der Waals surface area contributed by atoms with Crippen LogP contribution in [-0.4, -0.2) is 13.1 Å². The maximum Gasteiger partial charge on any atom is 0.337 e. The second kappa shape index (κ2) is 5.91. The van der Waals surface area contributed by atoms with Gasteiger partial charge in [0.25, 0.3) is 0 Å². The minimum atomic E-state index is -0.324. The van der Waals surface area contributed by atoms with Crippen LogP contribution in [0.3, 0.4) is 0 Å². The zero-order valence-corrected chi connectivity index (χ0v) is 10.7. The fraction of sp³-hybridized carbons (Fsp3) is 0.133. The number of benzene rings is 2. The molecule has 0 saturated heterocycles. The molecule has 0 spiro atoms. The average molecular weight is 256 g/mol. The summed E-state index contributed by atoms with van der Waals surface area (Å²) in [5.74, 6) is -0.324. The Kier molecular flexibility index (Phi) is 4.03. The van der Waals surface area contributed by atoms with Crippen LogP contribution in [-0.2, 0) is 11.3 Å². The lowest BCUT2D eigenvalue weighted by atomic mass is 10.1. The smallest absolute Gasteiger partial charge is 0.337 e. The van der Waals surface area contributed by atoms with Gasteiger partial charge < -0.3 is 15.8 Å². The summed E-state index contributed by atoms with van der Waals surface area (Å²) >= 11 is 0. The molecule has 0 aliphatic rings. The number of carbonyl (C=O) groups excluding carboxylic acids is 1. The van der Waals surface area contributed by atoms with Crippen molar-refractivity contribution in [3.05, 3.63) is 59.7 Å². The number of esters is 1. The minimum Gasteiger partial charge on any atom is -0.465 e. The van der Waals surface area contributed by atoms with Gasteiger partial charge in [-0.2, -0.15) is 0 Å². The van der Waals surface area contributed by atoms with Crippen LogP contribution in [0.5, 0.6) is 0 Å². The second-order valence-corrected chi connectivity index (χ2v) is 4.17. The number of hydrogen-bond donors (Lipinski definition) is 2. The average Bonchev–Trinajstić information content (AvgIpc) is 2.45. The maximum atomic E-state index is 11.3. The predicted molar refractivity (Wildman–Crippen MR) is 76.0 cm³/mol. The molecule has 0 unspecified atom stereocenters. The molecule has 0 amide bonds. The third-order valence-corrected chi connectivity index (χ3v) is 2.76. The highest BCUT2D eigenvalue weighted by atomic mass is 16.5. The highest BCUT2D eigenvalue weighted by Crippen LogP contribution is 2.13. The first kappa shape index (κ1) is 13.0. The van der Waals surface area contributed by atoms with Gasteiger partial charge in [-0.15, -0.1) is 0 Å². The predicted octanol–water partition coefficient (Wildman–Crippen LogP) is 2.67. The SMILES string of the molecule is COC(=O)c1ccc(CNc2cccc(N)c2)cc1. The Morgan fingerprint density at radius 3 is 2.58 bits per heavy atom. The molecular formula is C15H16N2O2. The van der Waals surface area contributed by atoms with E-state index in [1.54, 1.807) is 12.1 Å². The van der Waals surface area contributed by atoms with Gasteiger partial charge in [-0.1, -0.05) is 18.2 Å². The Morgan fingerprint density at radius 2 is 1.95 bits per heavy atom. The molecule has 2 rings (SSSR count). The lowest BCUT2D eigenvalue weighted by Crippen LogP contribution is -2.03. The molecule has 0 bridgehead atoms. The second-order valence-electron chi connectivity index (χ2n) is 4.17. The monoisotopic (exact) mass is 256 g/mol. The zero-order chi connectivity index (χ0) is 13.7. The van der Waals surface area contributed by atoms with Crippen LogP contribution in [0.4, 0.5) is 11.4 Å². The molecule has 4 nitrogen and oxygen atoms in total. The van der Waals surface area contributed by atoms with Gasteiger partial charge >= 0.3 is 5.97 Å². The standard InChI is InChI=1S/C15H16N2O2/c1-19-15(18)12-7-5-11(6-8-12)10-17-14-4-2-3-13(16)9-14/h2-9,17H,10,16H2,1H3.